The number of nitrogens with zero attached hydrogens (tertiary/aromatic N) is 1. The summed E-state index contributed by atoms with van der Waals surface area (Å²) in [7, 11) is 1.75. The van der Waals surface area contributed by atoms with Crippen molar-refractivity contribution in [2.75, 3.05) is 20.1 Å². The van der Waals surface area contributed by atoms with Crippen molar-refractivity contribution in [3.05, 3.63) is 34.3 Å². The van der Waals surface area contributed by atoms with Crippen molar-refractivity contribution in [2.24, 2.45) is 5.73 Å². The van der Waals surface area contributed by atoms with Gasteiger partial charge in [-0.25, -0.2) is 0 Å². The number of amides is 1. The van der Waals surface area contributed by atoms with E-state index in [9.17, 15) is 4.79 Å². The molecule has 14 heavy (non-hydrogen) atoms. The van der Waals surface area contributed by atoms with Crippen LogP contribution in [-0.2, 0) is 0 Å². The zero-order valence-corrected chi connectivity index (χ0v) is 9.62. The van der Waals surface area contributed by atoms with Gasteiger partial charge in [0.05, 0.1) is 0 Å². The van der Waals surface area contributed by atoms with Gasteiger partial charge in [0, 0.05) is 30.2 Å². The molecule has 3 nitrogen and oxygen atoms in total. The second kappa shape index (κ2) is 5.12. The Labute approximate surface area is 92.0 Å². The molecule has 4 heteroatoms. The van der Waals surface area contributed by atoms with Crippen LogP contribution in [0.4, 0.5) is 0 Å². The molecule has 0 atom stereocenters. The highest BCUT2D eigenvalue weighted by atomic mass is 79.9. The number of carbonyl (C=O) groups excluding carboxylic acids is 1. The molecule has 0 spiro atoms. The van der Waals surface area contributed by atoms with Crippen LogP contribution in [-0.4, -0.2) is 30.9 Å². The van der Waals surface area contributed by atoms with Gasteiger partial charge in [-0.3, -0.25) is 4.79 Å². The van der Waals surface area contributed by atoms with E-state index in [0.29, 0.717) is 18.7 Å². The summed E-state index contributed by atoms with van der Waals surface area (Å²) in [5.74, 6) is -0.00301. The van der Waals surface area contributed by atoms with E-state index in [1.54, 1.807) is 24.1 Å². The molecule has 1 amide bonds. The van der Waals surface area contributed by atoms with Gasteiger partial charge in [0.15, 0.2) is 0 Å². The largest absolute Gasteiger partial charge is 0.340 e. The van der Waals surface area contributed by atoms with Crippen molar-refractivity contribution in [1.29, 1.82) is 0 Å². The van der Waals surface area contributed by atoms with Gasteiger partial charge in [-0.15, -0.1) is 0 Å². The molecular weight excluding hydrogens is 244 g/mol. The average molecular weight is 257 g/mol. The molecule has 2 N–H and O–H groups in total. The topological polar surface area (TPSA) is 46.3 Å². The Hall–Kier alpha value is -0.870. The summed E-state index contributed by atoms with van der Waals surface area (Å²) >= 11 is 3.32. The number of hydrogen-bond acceptors (Lipinski definition) is 2. The minimum absolute atomic E-state index is 0.00301. The fraction of sp³-hybridized carbons (Fsp3) is 0.300. The second-order valence-electron chi connectivity index (χ2n) is 3.03. The van der Waals surface area contributed by atoms with Crippen LogP contribution in [0.5, 0.6) is 0 Å². The van der Waals surface area contributed by atoms with Crippen LogP contribution < -0.4 is 5.73 Å². The van der Waals surface area contributed by atoms with Crippen LogP contribution in [0.25, 0.3) is 0 Å². The molecule has 76 valence electrons. The van der Waals surface area contributed by atoms with Gasteiger partial charge < -0.3 is 10.6 Å². The highest BCUT2D eigenvalue weighted by Gasteiger charge is 2.10. The van der Waals surface area contributed by atoms with E-state index in [2.05, 4.69) is 15.9 Å². The minimum Gasteiger partial charge on any atom is -0.340 e. The number of likely N-dealkylation sites (N-methyl/N-ethyl adjacent to an activating group) is 1. The average Bonchev–Trinajstić information content (AvgIpc) is 2.17. The maximum atomic E-state index is 11.7. The maximum Gasteiger partial charge on any atom is 0.253 e. The van der Waals surface area contributed by atoms with Crippen molar-refractivity contribution in [3.63, 3.8) is 0 Å². The van der Waals surface area contributed by atoms with E-state index in [0.717, 1.165) is 4.47 Å². The number of carbonyl (C=O) groups is 1. The van der Waals surface area contributed by atoms with Crippen molar-refractivity contribution >= 4 is 21.8 Å². The van der Waals surface area contributed by atoms with E-state index in [-0.39, 0.29) is 5.91 Å². The summed E-state index contributed by atoms with van der Waals surface area (Å²) in [5, 5.41) is 0. The predicted octanol–water partition coefficient (Wildman–Crippen LogP) is 1.48. The molecule has 1 aromatic rings. The lowest BCUT2D eigenvalue weighted by atomic mass is 10.2. The number of nitrogens with two attached hydrogens (primary N) is 1. The third kappa shape index (κ3) is 2.82. The molecule has 0 aliphatic heterocycles. The van der Waals surface area contributed by atoms with E-state index < -0.39 is 0 Å². The highest BCUT2D eigenvalue weighted by Crippen LogP contribution is 2.12. The van der Waals surface area contributed by atoms with Gasteiger partial charge in [-0.05, 0) is 18.2 Å². The lowest BCUT2D eigenvalue weighted by Crippen LogP contribution is -2.31. The number of rotatable bonds is 3. The van der Waals surface area contributed by atoms with Gasteiger partial charge >= 0.3 is 0 Å². The van der Waals surface area contributed by atoms with Crippen LogP contribution in [0.2, 0.25) is 0 Å². The van der Waals surface area contributed by atoms with Crippen LogP contribution >= 0.6 is 15.9 Å². The van der Waals surface area contributed by atoms with E-state index >= 15 is 0 Å². The molecule has 1 rings (SSSR count). The van der Waals surface area contributed by atoms with Crippen LogP contribution in [0, 0.1) is 0 Å². The van der Waals surface area contributed by atoms with Crippen molar-refractivity contribution in [3.8, 4) is 0 Å². The Bertz CT molecular complexity index is 328. The molecule has 0 heterocycles. The minimum atomic E-state index is -0.00301. The predicted molar refractivity (Wildman–Crippen MR) is 60.2 cm³/mol. The van der Waals surface area contributed by atoms with Crippen molar-refractivity contribution in [1.82, 2.24) is 4.90 Å². The molecule has 0 aliphatic carbocycles. The SMILES string of the molecule is CN(CCN)C(=O)c1cccc(Br)c1. The Morgan fingerprint density at radius 3 is 2.86 bits per heavy atom. The fourth-order valence-electron chi connectivity index (χ4n) is 1.14. The summed E-state index contributed by atoms with van der Waals surface area (Å²) in [4.78, 5) is 13.3. The molecule has 0 radical (unpaired) electrons. The van der Waals surface area contributed by atoms with Gasteiger partial charge in [-0.1, -0.05) is 22.0 Å². The van der Waals surface area contributed by atoms with Gasteiger partial charge in [0.1, 0.15) is 0 Å². The summed E-state index contributed by atoms with van der Waals surface area (Å²) in [5.41, 5.74) is 6.05. The first-order valence-electron chi connectivity index (χ1n) is 4.36. The van der Waals surface area contributed by atoms with Crippen molar-refractivity contribution in [2.45, 2.75) is 0 Å². The van der Waals surface area contributed by atoms with E-state index in [1.807, 2.05) is 12.1 Å². The van der Waals surface area contributed by atoms with Gasteiger partial charge in [-0.2, -0.15) is 0 Å². The Morgan fingerprint density at radius 2 is 2.29 bits per heavy atom. The van der Waals surface area contributed by atoms with Crippen LogP contribution in [0.3, 0.4) is 0 Å². The zero-order valence-electron chi connectivity index (χ0n) is 8.03. The summed E-state index contributed by atoms with van der Waals surface area (Å²) in [6.45, 7) is 1.06. The van der Waals surface area contributed by atoms with Gasteiger partial charge in [0.25, 0.3) is 5.91 Å². The van der Waals surface area contributed by atoms with E-state index in [1.165, 1.54) is 0 Å². The number of hydrogen-bond donors (Lipinski definition) is 1. The van der Waals surface area contributed by atoms with Crippen LogP contribution in [0.15, 0.2) is 28.7 Å². The van der Waals surface area contributed by atoms with E-state index in [4.69, 9.17) is 5.73 Å². The zero-order chi connectivity index (χ0) is 10.6. The normalized spacial score (nSPS) is 9.93. The number of benzene rings is 1. The number of halogens is 1. The molecule has 0 aromatic heterocycles. The quantitative estimate of drug-likeness (QED) is 0.891. The summed E-state index contributed by atoms with van der Waals surface area (Å²) < 4.78 is 0.907. The van der Waals surface area contributed by atoms with Crippen LogP contribution in [0.1, 0.15) is 10.4 Å². The first-order valence-corrected chi connectivity index (χ1v) is 5.15. The first kappa shape index (κ1) is 11.2. The lowest BCUT2D eigenvalue weighted by Gasteiger charge is -2.15. The molecule has 0 bridgehead atoms. The Kier molecular flexibility index (Phi) is 4.10. The van der Waals surface area contributed by atoms with Gasteiger partial charge in [0.2, 0.25) is 0 Å². The molecule has 0 unspecified atom stereocenters. The molecule has 1 aromatic carbocycles. The maximum absolute atomic E-state index is 11.7. The first-order chi connectivity index (χ1) is 6.65. The monoisotopic (exact) mass is 256 g/mol. The molecule has 0 saturated carbocycles. The second-order valence-corrected chi connectivity index (χ2v) is 3.94. The molecule has 0 fully saturated rings. The Balaban J connectivity index is 2.78. The van der Waals surface area contributed by atoms with Crippen molar-refractivity contribution < 1.29 is 4.79 Å². The highest BCUT2D eigenvalue weighted by molar-refractivity contribution is 9.10. The molecule has 0 saturated heterocycles. The lowest BCUT2D eigenvalue weighted by molar-refractivity contribution is 0.0799. The third-order valence-corrected chi connectivity index (χ3v) is 2.38. The Morgan fingerprint density at radius 1 is 1.57 bits per heavy atom. The smallest absolute Gasteiger partial charge is 0.253 e. The summed E-state index contributed by atoms with van der Waals surface area (Å²) in [6, 6.07) is 7.32. The third-order valence-electron chi connectivity index (χ3n) is 1.88. The summed E-state index contributed by atoms with van der Waals surface area (Å²) in [6.07, 6.45) is 0. The molecular formula is C10H13BrN2O. The standard InChI is InChI=1S/C10H13BrN2O/c1-13(6-5-12)10(14)8-3-2-4-9(11)7-8/h2-4,7H,5-6,12H2,1H3. The fourth-order valence-corrected chi connectivity index (χ4v) is 1.54. The molecule has 0 aliphatic rings.